The number of nitrogens with one attached hydrogen (secondary N) is 2. The number of carbonyl (C=O) groups excluding carboxylic acids is 2. The average Bonchev–Trinajstić information content (AvgIpc) is 3.55. The molecule has 1 aliphatic heterocycles. The molecule has 4 aromatic rings. The van der Waals surface area contributed by atoms with E-state index in [0.29, 0.717) is 29.9 Å². The molecule has 1 saturated heterocycles. The molecule has 33 heavy (non-hydrogen) atoms. The Balaban J connectivity index is 1.34. The lowest BCUT2D eigenvalue weighted by molar-refractivity contribution is 0.0747. The standard InChI is InChI=1S/C24H23N5O2S2/c1-14-5-3-6-16(11-14)22-21(28-15(2)33-22)24(31)29-9-10-32-19(29)12-25-23(30)17-7-4-8-18-20(17)27-13-26-18/h3-8,11,13,19H,9-10,12H2,1-2H3,(H,25,30)(H,26,27). The first-order chi connectivity index (χ1) is 16.0. The fourth-order valence-electron chi connectivity index (χ4n) is 4.04. The number of H-pyrrole nitrogens is 1. The zero-order chi connectivity index (χ0) is 22.9. The van der Waals surface area contributed by atoms with Crippen LogP contribution in [-0.4, -0.2) is 55.9 Å². The molecule has 3 heterocycles. The molecule has 1 unspecified atom stereocenters. The number of nitrogens with zero attached hydrogens (tertiary/aromatic N) is 3. The van der Waals surface area contributed by atoms with E-state index >= 15 is 0 Å². The molecule has 1 aliphatic rings. The van der Waals surface area contributed by atoms with Crippen LogP contribution in [0.3, 0.4) is 0 Å². The summed E-state index contributed by atoms with van der Waals surface area (Å²) < 4.78 is 0. The number of thiazole rings is 1. The number of thioether (sulfide) groups is 1. The molecule has 0 radical (unpaired) electrons. The van der Waals surface area contributed by atoms with Crippen LogP contribution in [0.25, 0.3) is 21.5 Å². The predicted molar refractivity (Wildman–Crippen MR) is 133 cm³/mol. The van der Waals surface area contributed by atoms with Crippen LogP contribution < -0.4 is 5.32 Å². The number of fused-ring (bicyclic) bond motifs is 1. The van der Waals surface area contributed by atoms with Crippen molar-refractivity contribution in [2.75, 3.05) is 18.8 Å². The van der Waals surface area contributed by atoms with E-state index in [1.54, 1.807) is 24.2 Å². The molecule has 7 nitrogen and oxygen atoms in total. The summed E-state index contributed by atoms with van der Waals surface area (Å²) in [4.78, 5) is 41.0. The van der Waals surface area contributed by atoms with Crippen molar-refractivity contribution < 1.29 is 9.59 Å². The number of carbonyl (C=O) groups is 2. The van der Waals surface area contributed by atoms with Crippen molar-refractivity contribution in [3.8, 4) is 10.4 Å². The summed E-state index contributed by atoms with van der Waals surface area (Å²) in [5.41, 5.74) is 4.61. The normalized spacial score (nSPS) is 15.8. The highest BCUT2D eigenvalue weighted by Crippen LogP contribution is 2.34. The van der Waals surface area contributed by atoms with E-state index in [0.717, 1.165) is 32.3 Å². The molecule has 2 amide bonds. The monoisotopic (exact) mass is 477 g/mol. The van der Waals surface area contributed by atoms with Gasteiger partial charge in [-0.2, -0.15) is 0 Å². The number of imidazole rings is 1. The third-order valence-electron chi connectivity index (χ3n) is 5.60. The van der Waals surface area contributed by atoms with E-state index < -0.39 is 0 Å². The Kier molecular flexibility index (Phi) is 5.90. The Morgan fingerprint density at radius 2 is 2.06 bits per heavy atom. The minimum absolute atomic E-state index is 0.0884. The van der Waals surface area contributed by atoms with Gasteiger partial charge in [0.05, 0.1) is 32.7 Å². The molecule has 0 spiro atoms. The molecule has 5 rings (SSSR count). The second-order valence-electron chi connectivity index (χ2n) is 7.92. The van der Waals surface area contributed by atoms with Crippen LogP contribution in [0.15, 0.2) is 48.8 Å². The minimum Gasteiger partial charge on any atom is -0.349 e. The van der Waals surface area contributed by atoms with Gasteiger partial charge < -0.3 is 15.2 Å². The van der Waals surface area contributed by atoms with Gasteiger partial charge in [-0.15, -0.1) is 23.1 Å². The average molecular weight is 478 g/mol. The molecular formula is C24H23N5O2S2. The van der Waals surface area contributed by atoms with Gasteiger partial charge in [0.2, 0.25) is 0 Å². The Hall–Kier alpha value is -3.17. The van der Waals surface area contributed by atoms with E-state index in [9.17, 15) is 9.59 Å². The third kappa shape index (κ3) is 4.26. The van der Waals surface area contributed by atoms with E-state index in [-0.39, 0.29) is 17.2 Å². The molecule has 0 bridgehead atoms. The fraction of sp³-hybridized carbons (Fsp3) is 0.250. The Bertz CT molecular complexity index is 1350. The SMILES string of the molecule is Cc1cccc(-c2sc(C)nc2C(=O)N2CCSC2CNC(=O)c2cccc3[nH]cnc23)c1. The lowest BCUT2D eigenvalue weighted by Gasteiger charge is -2.24. The molecular weight excluding hydrogens is 454 g/mol. The van der Waals surface area contributed by atoms with Gasteiger partial charge in [0.15, 0.2) is 0 Å². The highest BCUT2D eigenvalue weighted by atomic mass is 32.2. The summed E-state index contributed by atoms with van der Waals surface area (Å²) in [7, 11) is 0. The van der Waals surface area contributed by atoms with Crippen LogP contribution in [0.2, 0.25) is 0 Å². The van der Waals surface area contributed by atoms with Crippen molar-refractivity contribution in [3.05, 3.63) is 70.6 Å². The largest absolute Gasteiger partial charge is 0.349 e. The van der Waals surface area contributed by atoms with Gasteiger partial charge in [-0.1, -0.05) is 35.9 Å². The van der Waals surface area contributed by atoms with Gasteiger partial charge >= 0.3 is 0 Å². The zero-order valence-corrected chi connectivity index (χ0v) is 19.9. The maximum Gasteiger partial charge on any atom is 0.274 e. The summed E-state index contributed by atoms with van der Waals surface area (Å²) in [5.74, 6) is 0.538. The zero-order valence-electron chi connectivity index (χ0n) is 18.3. The van der Waals surface area contributed by atoms with Crippen molar-refractivity contribution in [3.63, 3.8) is 0 Å². The molecule has 0 saturated carbocycles. The first-order valence-corrected chi connectivity index (χ1v) is 12.5. The van der Waals surface area contributed by atoms with E-state index in [2.05, 4.69) is 26.3 Å². The van der Waals surface area contributed by atoms with Gasteiger partial charge in [0.25, 0.3) is 11.8 Å². The fourth-order valence-corrected chi connectivity index (χ4v) is 6.10. The molecule has 0 aliphatic carbocycles. The molecule has 9 heteroatoms. The summed E-state index contributed by atoms with van der Waals surface area (Å²) in [6.45, 7) is 4.95. The molecule has 1 fully saturated rings. The van der Waals surface area contributed by atoms with Crippen molar-refractivity contribution in [1.82, 2.24) is 25.2 Å². The minimum atomic E-state index is -0.197. The number of hydrogen-bond acceptors (Lipinski definition) is 6. The van der Waals surface area contributed by atoms with Crippen LogP contribution >= 0.6 is 23.1 Å². The van der Waals surface area contributed by atoms with Crippen molar-refractivity contribution in [2.24, 2.45) is 0 Å². The molecule has 1 atom stereocenters. The Labute approximate surface area is 199 Å². The molecule has 168 valence electrons. The summed E-state index contributed by atoms with van der Waals surface area (Å²) in [6.07, 6.45) is 1.58. The number of aryl methyl sites for hydroxylation is 2. The lowest BCUT2D eigenvalue weighted by Crippen LogP contribution is -2.42. The highest BCUT2D eigenvalue weighted by molar-refractivity contribution is 8.00. The lowest BCUT2D eigenvalue weighted by atomic mass is 10.1. The topological polar surface area (TPSA) is 91.0 Å². The number of aromatic nitrogens is 3. The van der Waals surface area contributed by atoms with Crippen LogP contribution in [0, 0.1) is 13.8 Å². The predicted octanol–water partition coefficient (Wildman–Crippen LogP) is 4.25. The van der Waals surface area contributed by atoms with Gasteiger partial charge in [-0.05, 0) is 31.5 Å². The van der Waals surface area contributed by atoms with Crippen LogP contribution in [0.5, 0.6) is 0 Å². The van der Waals surface area contributed by atoms with E-state index in [1.165, 1.54) is 11.3 Å². The van der Waals surface area contributed by atoms with Gasteiger partial charge in [0, 0.05) is 18.8 Å². The molecule has 2 aromatic carbocycles. The van der Waals surface area contributed by atoms with Crippen molar-refractivity contribution in [1.29, 1.82) is 0 Å². The van der Waals surface area contributed by atoms with Crippen molar-refractivity contribution in [2.45, 2.75) is 19.2 Å². The first-order valence-electron chi connectivity index (χ1n) is 10.7. The Morgan fingerprint density at radius 1 is 1.21 bits per heavy atom. The van der Waals surface area contributed by atoms with E-state index in [1.807, 2.05) is 49.1 Å². The number of amides is 2. The second kappa shape index (κ2) is 8.99. The maximum absolute atomic E-state index is 13.5. The van der Waals surface area contributed by atoms with Gasteiger partial charge in [0.1, 0.15) is 11.2 Å². The van der Waals surface area contributed by atoms with Crippen LogP contribution in [0.4, 0.5) is 0 Å². The molecule has 2 N–H and O–H groups in total. The van der Waals surface area contributed by atoms with Gasteiger partial charge in [-0.25, -0.2) is 9.97 Å². The quantitative estimate of drug-likeness (QED) is 0.448. The number of benzene rings is 2. The summed E-state index contributed by atoms with van der Waals surface area (Å²) in [6, 6.07) is 13.6. The van der Waals surface area contributed by atoms with Crippen LogP contribution in [0.1, 0.15) is 31.4 Å². The van der Waals surface area contributed by atoms with Crippen molar-refractivity contribution >= 4 is 45.9 Å². The third-order valence-corrected chi connectivity index (χ3v) is 7.84. The first kappa shape index (κ1) is 21.7. The van der Waals surface area contributed by atoms with E-state index in [4.69, 9.17) is 0 Å². The van der Waals surface area contributed by atoms with Crippen LogP contribution in [-0.2, 0) is 0 Å². The number of rotatable bonds is 5. The van der Waals surface area contributed by atoms with Gasteiger partial charge in [-0.3, -0.25) is 9.59 Å². The number of aromatic amines is 1. The molecule has 2 aromatic heterocycles. The Morgan fingerprint density at radius 3 is 2.91 bits per heavy atom. The maximum atomic E-state index is 13.5. The highest BCUT2D eigenvalue weighted by Gasteiger charge is 2.33. The second-order valence-corrected chi connectivity index (χ2v) is 10.4. The summed E-state index contributed by atoms with van der Waals surface area (Å²) >= 11 is 3.21. The summed E-state index contributed by atoms with van der Waals surface area (Å²) in [5, 5.41) is 3.71. The number of para-hydroxylation sites is 1. The number of hydrogen-bond donors (Lipinski definition) is 2. The smallest absolute Gasteiger partial charge is 0.274 e.